The van der Waals surface area contributed by atoms with Crippen molar-refractivity contribution >= 4 is 11.6 Å². The van der Waals surface area contributed by atoms with Crippen LogP contribution in [-0.2, 0) is 0 Å². The van der Waals surface area contributed by atoms with Gasteiger partial charge in [0.1, 0.15) is 0 Å². The van der Waals surface area contributed by atoms with Gasteiger partial charge in [0.25, 0.3) is 0 Å². The van der Waals surface area contributed by atoms with E-state index < -0.39 is 0 Å². The molecular weight excluding hydrogens is 208 g/mol. The number of aromatic nitrogens is 1. The lowest BCUT2D eigenvalue weighted by molar-refractivity contribution is 0.265. The lowest BCUT2D eigenvalue weighted by Gasteiger charge is -2.30. The first-order valence-electron chi connectivity index (χ1n) is 5.58. The van der Waals surface area contributed by atoms with Crippen molar-refractivity contribution in [2.24, 2.45) is 5.92 Å². The first-order valence-corrected chi connectivity index (χ1v) is 5.95. The molecule has 0 aliphatic heterocycles. The van der Waals surface area contributed by atoms with E-state index >= 15 is 0 Å². The summed E-state index contributed by atoms with van der Waals surface area (Å²) in [4.78, 5) is 4.02. The first kappa shape index (κ1) is 10.9. The van der Waals surface area contributed by atoms with Gasteiger partial charge < -0.3 is 5.32 Å². The fourth-order valence-electron chi connectivity index (χ4n) is 2.13. The van der Waals surface area contributed by atoms with E-state index in [0.29, 0.717) is 6.04 Å². The van der Waals surface area contributed by atoms with Crippen molar-refractivity contribution in [1.29, 1.82) is 0 Å². The largest absolute Gasteiger partial charge is 0.313 e. The second-order valence-electron chi connectivity index (χ2n) is 4.27. The molecule has 1 aromatic heterocycles. The highest BCUT2D eigenvalue weighted by Crippen LogP contribution is 2.35. The van der Waals surface area contributed by atoms with Crippen LogP contribution in [0.5, 0.6) is 0 Å². The molecule has 0 aromatic carbocycles. The van der Waals surface area contributed by atoms with Gasteiger partial charge in [-0.2, -0.15) is 0 Å². The van der Waals surface area contributed by atoms with Crippen LogP contribution in [0.4, 0.5) is 0 Å². The summed E-state index contributed by atoms with van der Waals surface area (Å²) in [5.41, 5.74) is 1.18. The van der Waals surface area contributed by atoms with Crippen LogP contribution >= 0.6 is 11.6 Å². The van der Waals surface area contributed by atoms with Crippen LogP contribution in [0.2, 0.25) is 5.02 Å². The Bertz CT molecular complexity index is 323. The molecule has 1 atom stereocenters. The Morgan fingerprint density at radius 3 is 2.93 bits per heavy atom. The molecule has 3 heteroatoms. The summed E-state index contributed by atoms with van der Waals surface area (Å²) in [6, 6.07) is 2.40. The maximum Gasteiger partial charge on any atom is 0.0637 e. The molecule has 1 N–H and O–H groups in total. The van der Waals surface area contributed by atoms with E-state index in [0.717, 1.165) is 10.9 Å². The van der Waals surface area contributed by atoms with Gasteiger partial charge in [-0.1, -0.05) is 30.9 Å². The molecule has 2 rings (SSSR count). The molecule has 2 nitrogen and oxygen atoms in total. The summed E-state index contributed by atoms with van der Waals surface area (Å²) in [6.45, 7) is 0. The summed E-state index contributed by atoms with van der Waals surface area (Å²) in [5, 5.41) is 4.12. The van der Waals surface area contributed by atoms with E-state index in [9.17, 15) is 0 Å². The van der Waals surface area contributed by atoms with Gasteiger partial charge in [-0.05, 0) is 31.0 Å². The monoisotopic (exact) mass is 224 g/mol. The smallest absolute Gasteiger partial charge is 0.0637 e. The molecule has 0 spiro atoms. The van der Waals surface area contributed by atoms with E-state index in [4.69, 9.17) is 11.6 Å². The van der Waals surface area contributed by atoms with E-state index in [1.54, 1.807) is 6.20 Å². The van der Waals surface area contributed by atoms with Gasteiger partial charge in [-0.15, -0.1) is 0 Å². The van der Waals surface area contributed by atoms with Gasteiger partial charge in [0.2, 0.25) is 0 Å². The Kier molecular flexibility index (Phi) is 3.60. The van der Waals surface area contributed by atoms with Gasteiger partial charge in [0, 0.05) is 18.4 Å². The molecule has 1 aliphatic carbocycles. The first-order chi connectivity index (χ1) is 7.31. The molecule has 1 unspecified atom stereocenters. The molecule has 0 amide bonds. The predicted octanol–water partition coefficient (Wildman–Crippen LogP) is 3.19. The van der Waals surface area contributed by atoms with E-state index in [1.807, 2.05) is 19.3 Å². The number of nitrogens with zero attached hydrogens (tertiary/aromatic N) is 1. The quantitative estimate of drug-likeness (QED) is 0.850. The molecule has 15 heavy (non-hydrogen) atoms. The maximum absolute atomic E-state index is 6.14. The van der Waals surface area contributed by atoms with Crippen LogP contribution < -0.4 is 5.32 Å². The minimum atomic E-state index is 0.380. The minimum absolute atomic E-state index is 0.380. The van der Waals surface area contributed by atoms with Gasteiger partial charge in [0.05, 0.1) is 5.02 Å². The number of hydrogen-bond donors (Lipinski definition) is 1. The van der Waals surface area contributed by atoms with Crippen molar-refractivity contribution in [3.8, 4) is 0 Å². The summed E-state index contributed by atoms with van der Waals surface area (Å²) in [5.74, 6) is 0.881. The average Bonchev–Trinajstić information content (AvgIpc) is 2.19. The molecular formula is C12H17ClN2. The third-order valence-electron chi connectivity index (χ3n) is 3.32. The van der Waals surface area contributed by atoms with Gasteiger partial charge in [0.15, 0.2) is 0 Å². The molecule has 0 bridgehead atoms. The SMILES string of the molecule is CNC(CC1CCC1)c1ccncc1Cl. The molecule has 1 fully saturated rings. The fraction of sp³-hybridized carbons (Fsp3) is 0.583. The van der Waals surface area contributed by atoms with E-state index in [-0.39, 0.29) is 0 Å². The highest BCUT2D eigenvalue weighted by molar-refractivity contribution is 6.31. The molecule has 1 saturated carbocycles. The van der Waals surface area contributed by atoms with E-state index in [1.165, 1.54) is 31.2 Å². The zero-order valence-corrected chi connectivity index (χ0v) is 9.80. The molecule has 0 saturated heterocycles. The molecule has 1 aliphatic rings. The third kappa shape index (κ3) is 2.50. The summed E-state index contributed by atoms with van der Waals surface area (Å²) < 4.78 is 0. The third-order valence-corrected chi connectivity index (χ3v) is 3.64. The maximum atomic E-state index is 6.14. The van der Waals surface area contributed by atoms with Crippen LogP contribution in [0.25, 0.3) is 0 Å². The number of halogens is 1. The second kappa shape index (κ2) is 4.95. The van der Waals surface area contributed by atoms with Crippen molar-refractivity contribution in [2.75, 3.05) is 7.05 Å². The minimum Gasteiger partial charge on any atom is -0.313 e. The Labute approximate surface area is 96.1 Å². The number of pyridine rings is 1. The summed E-state index contributed by atoms with van der Waals surface area (Å²) >= 11 is 6.14. The number of nitrogens with one attached hydrogen (secondary N) is 1. The van der Waals surface area contributed by atoms with Gasteiger partial charge in [-0.25, -0.2) is 0 Å². The summed E-state index contributed by atoms with van der Waals surface area (Å²) in [6.07, 6.45) is 8.88. The second-order valence-corrected chi connectivity index (χ2v) is 4.68. The standard InChI is InChI=1S/C12H17ClN2/c1-14-12(7-9-3-2-4-9)10-5-6-15-8-11(10)13/h5-6,8-9,12,14H,2-4,7H2,1H3. The van der Waals surface area contributed by atoms with Crippen molar-refractivity contribution in [3.63, 3.8) is 0 Å². The number of hydrogen-bond acceptors (Lipinski definition) is 2. The zero-order chi connectivity index (χ0) is 10.7. The van der Waals surface area contributed by atoms with Crippen molar-refractivity contribution in [1.82, 2.24) is 10.3 Å². The van der Waals surface area contributed by atoms with Crippen molar-refractivity contribution < 1.29 is 0 Å². The average molecular weight is 225 g/mol. The van der Waals surface area contributed by atoms with Crippen LogP contribution in [0.3, 0.4) is 0 Å². The highest BCUT2D eigenvalue weighted by atomic mass is 35.5. The Balaban J connectivity index is 2.07. The van der Waals surface area contributed by atoms with Crippen LogP contribution in [0, 0.1) is 5.92 Å². The van der Waals surface area contributed by atoms with E-state index in [2.05, 4.69) is 10.3 Å². The van der Waals surface area contributed by atoms with Crippen molar-refractivity contribution in [2.45, 2.75) is 31.7 Å². The molecule has 1 heterocycles. The predicted molar refractivity (Wildman–Crippen MR) is 63.0 cm³/mol. The number of rotatable bonds is 4. The molecule has 0 radical (unpaired) electrons. The Morgan fingerprint density at radius 2 is 2.40 bits per heavy atom. The molecule has 82 valence electrons. The normalized spacial score (nSPS) is 18.5. The topological polar surface area (TPSA) is 24.9 Å². The Morgan fingerprint density at radius 1 is 1.60 bits per heavy atom. The highest BCUT2D eigenvalue weighted by Gasteiger charge is 2.23. The van der Waals surface area contributed by atoms with Crippen LogP contribution in [0.15, 0.2) is 18.5 Å². The Hall–Kier alpha value is -0.600. The van der Waals surface area contributed by atoms with Crippen LogP contribution in [-0.4, -0.2) is 12.0 Å². The summed E-state index contributed by atoms with van der Waals surface area (Å²) in [7, 11) is 2.00. The lowest BCUT2D eigenvalue weighted by Crippen LogP contribution is -2.23. The zero-order valence-electron chi connectivity index (χ0n) is 9.04. The van der Waals surface area contributed by atoms with Crippen molar-refractivity contribution in [3.05, 3.63) is 29.0 Å². The van der Waals surface area contributed by atoms with Gasteiger partial charge in [-0.3, -0.25) is 4.98 Å². The molecule has 1 aromatic rings. The lowest BCUT2D eigenvalue weighted by atomic mass is 9.80. The van der Waals surface area contributed by atoms with Gasteiger partial charge >= 0.3 is 0 Å². The van der Waals surface area contributed by atoms with Crippen LogP contribution in [0.1, 0.15) is 37.3 Å². The fourth-order valence-corrected chi connectivity index (χ4v) is 2.38.